The Hall–Kier alpha value is -1.16. The molecule has 1 aliphatic carbocycles. The molecule has 4 heteroatoms. The number of nitrogens with one attached hydrogen (secondary N) is 1. The first-order valence-corrected chi connectivity index (χ1v) is 5.52. The first kappa shape index (κ1) is 10.4. The SMILES string of the molecule is CC(NCCn1cccnc1=O)C1CC1. The van der Waals surface area contributed by atoms with E-state index in [0.717, 1.165) is 12.5 Å². The molecule has 0 spiro atoms. The highest BCUT2D eigenvalue weighted by molar-refractivity contribution is 4.84. The van der Waals surface area contributed by atoms with Crippen molar-refractivity contribution in [2.75, 3.05) is 6.54 Å². The van der Waals surface area contributed by atoms with Gasteiger partial charge >= 0.3 is 5.69 Å². The molecule has 1 heterocycles. The van der Waals surface area contributed by atoms with Crippen LogP contribution < -0.4 is 11.0 Å². The van der Waals surface area contributed by atoms with Gasteiger partial charge in [-0.1, -0.05) is 0 Å². The summed E-state index contributed by atoms with van der Waals surface area (Å²) in [6, 6.07) is 2.36. The maximum absolute atomic E-state index is 11.3. The van der Waals surface area contributed by atoms with Gasteiger partial charge in [-0.05, 0) is 31.7 Å². The molecular formula is C11H17N3O. The van der Waals surface area contributed by atoms with Crippen LogP contribution in [0.25, 0.3) is 0 Å². The van der Waals surface area contributed by atoms with E-state index < -0.39 is 0 Å². The Morgan fingerprint density at radius 1 is 1.67 bits per heavy atom. The first-order chi connectivity index (χ1) is 7.27. The summed E-state index contributed by atoms with van der Waals surface area (Å²) >= 11 is 0. The van der Waals surface area contributed by atoms with Crippen LogP contribution in [-0.2, 0) is 6.54 Å². The molecule has 1 saturated carbocycles. The Bertz CT molecular complexity index is 370. The standard InChI is InChI=1S/C11H17N3O/c1-9(10-3-4-10)12-6-8-14-7-2-5-13-11(14)15/h2,5,7,9-10,12H,3-4,6,8H2,1H3. The molecule has 82 valence electrons. The zero-order chi connectivity index (χ0) is 10.7. The summed E-state index contributed by atoms with van der Waals surface area (Å²) in [5, 5.41) is 3.43. The highest BCUT2D eigenvalue weighted by Crippen LogP contribution is 2.32. The van der Waals surface area contributed by atoms with Crippen LogP contribution in [0.5, 0.6) is 0 Å². The third-order valence-corrected chi connectivity index (χ3v) is 2.93. The fourth-order valence-corrected chi connectivity index (χ4v) is 1.73. The Labute approximate surface area is 89.3 Å². The molecule has 1 atom stereocenters. The van der Waals surface area contributed by atoms with Crippen LogP contribution in [0.15, 0.2) is 23.3 Å². The fourth-order valence-electron chi connectivity index (χ4n) is 1.73. The van der Waals surface area contributed by atoms with Crippen LogP contribution in [0.1, 0.15) is 19.8 Å². The van der Waals surface area contributed by atoms with E-state index in [4.69, 9.17) is 0 Å². The predicted octanol–water partition coefficient (Wildman–Crippen LogP) is 0.631. The van der Waals surface area contributed by atoms with E-state index in [0.29, 0.717) is 12.6 Å². The zero-order valence-electron chi connectivity index (χ0n) is 9.02. The van der Waals surface area contributed by atoms with Crippen molar-refractivity contribution in [1.29, 1.82) is 0 Å². The summed E-state index contributed by atoms with van der Waals surface area (Å²) in [6.45, 7) is 3.75. The van der Waals surface area contributed by atoms with E-state index in [1.54, 1.807) is 16.8 Å². The normalized spacial score (nSPS) is 17.7. The molecule has 1 N–H and O–H groups in total. The molecule has 1 aliphatic rings. The summed E-state index contributed by atoms with van der Waals surface area (Å²) in [4.78, 5) is 15.0. The number of rotatable bonds is 5. The molecule has 0 radical (unpaired) electrons. The molecular weight excluding hydrogens is 190 g/mol. The second-order valence-electron chi connectivity index (χ2n) is 4.18. The van der Waals surface area contributed by atoms with Gasteiger partial charge < -0.3 is 5.32 Å². The number of hydrogen-bond donors (Lipinski definition) is 1. The van der Waals surface area contributed by atoms with Crippen molar-refractivity contribution in [3.8, 4) is 0 Å². The molecule has 15 heavy (non-hydrogen) atoms. The highest BCUT2D eigenvalue weighted by Gasteiger charge is 2.27. The van der Waals surface area contributed by atoms with E-state index >= 15 is 0 Å². The molecule has 1 fully saturated rings. The Balaban J connectivity index is 1.78. The van der Waals surface area contributed by atoms with Gasteiger partial charge in [-0.2, -0.15) is 0 Å². The number of hydrogen-bond acceptors (Lipinski definition) is 3. The van der Waals surface area contributed by atoms with Crippen LogP contribution in [-0.4, -0.2) is 22.1 Å². The van der Waals surface area contributed by atoms with E-state index in [2.05, 4.69) is 17.2 Å². The second kappa shape index (κ2) is 4.57. The molecule has 4 nitrogen and oxygen atoms in total. The summed E-state index contributed by atoms with van der Waals surface area (Å²) in [5.41, 5.74) is -0.168. The lowest BCUT2D eigenvalue weighted by molar-refractivity contribution is 0.470. The van der Waals surface area contributed by atoms with Gasteiger partial charge in [0.2, 0.25) is 0 Å². The minimum absolute atomic E-state index is 0.168. The first-order valence-electron chi connectivity index (χ1n) is 5.52. The van der Waals surface area contributed by atoms with Crippen LogP contribution in [0.3, 0.4) is 0 Å². The third kappa shape index (κ3) is 2.89. The van der Waals surface area contributed by atoms with Crippen molar-refractivity contribution >= 4 is 0 Å². The Morgan fingerprint density at radius 3 is 3.13 bits per heavy atom. The van der Waals surface area contributed by atoms with Gasteiger partial charge in [0.25, 0.3) is 0 Å². The van der Waals surface area contributed by atoms with E-state index in [9.17, 15) is 4.79 Å². The summed E-state index contributed by atoms with van der Waals surface area (Å²) in [5.74, 6) is 0.857. The van der Waals surface area contributed by atoms with Gasteiger partial charge in [0.05, 0.1) is 0 Å². The van der Waals surface area contributed by atoms with Gasteiger partial charge in [0.15, 0.2) is 0 Å². The summed E-state index contributed by atoms with van der Waals surface area (Å²) in [7, 11) is 0. The predicted molar refractivity (Wildman–Crippen MR) is 58.7 cm³/mol. The molecule has 2 rings (SSSR count). The minimum Gasteiger partial charge on any atom is -0.312 e. The van der Waals surface area contributed by atoms with Crippen LogP contribution in [0.2, 0.25) is 0 Å². The number of nitrogens with zero attached hydrogens (tertiary/aromatic N) is 2. The second-order valence-corrected chi connectivity index (χ2v) is 4.18. The Kier molecular flexibility index (Phi) is 3.16. The van der Waals surface area contributed by atoms with Gasteiger partial charge in [-0.3, -0.25) is 4.57 Å². The monoisotopic (exact) mass is 207 g/mol. The van der Waals surface area contributed by atoms with Crippen LogP contribution in [0, 0.1) is 5.92 Å². The Morgan fingerprint density at radius 2 is 2.47 bits per heavy atom. The molecule has 0 bridgehead atoms. The van der Waals surface area contributed by atoms with Crippen molar-refractivity contribution in [1.82, 2.24) is 14.9 Å². The molecule has 0 saturated heterocycles. The van der Waals surface area contributed by atoms with Crippen molar-refractivity contribution in [3.63, 3.8) is 0 Å². The third-order valence-electron chi connectivity index (χ3n) is 2.93. The highest BCUT2D eigenvalue weighted by atomic mass is 16.1. The molecule has 1 aromatic rings. The molecule has 1 unspecified atom stereocenters. The largest absolute Gasteiger partial charge is 0.347 e. The lowest BCUT2D eigenvalue weighted by Crippen LogP contribution is -2.33. The van der Waals surface area contributed by atoms with Gasteiger partial charge in [0.1, 0.15) is 0 Å². The van der Waals surface area contributed by atoms with Gasteiger partial charge in [0, 0.05) is 31.5 Å². The lowest BCUT2D eigenvalue weighted by Gasteiger charge is -2.12. The number of aromatic nitrogens is 2. The molecule has 1 aromatic heterocycles. The van der Waals surface area contributed by atoms with E-state index in [1.807, 2.05) is 0 Å². The minimum atomic E-state index is -0.168. The molecule has 0 aromatic carbocycles. The summed E-state index contributed by atoms with van der Waals surface area (Å²) in [6.07, 6.45) is 6.00. The zero-order valence-corrected chi connectivity index (χ0v) is 9.02. The lowest BCUT2D eigenvalue weighted by atomic mass is 10.2. The van der Waals surface area contributed by atoms with E-state index in [1.165, 1.54) is 19.0 Å². The van der Waals surface area contributed by atoms with Crippen molar-refractivity contribution in [2.24, 2.45) is 5.92 Å². The van der Waals surface area contributed by atoms with Crippen LogP contribution in [0.4, 0.5) is 0 Å². The van der Waals surface area contributed by atoms with Crippen molar-refractivity contribution < 1.29 is 0 Å². The van der Waals surface area contributed by atoms with Crippen molar-refractivity contribution in [2.45, 2.75) is 32.4 Å². The average Bonchev–Trinajstić information content (AvgIpc) is 3.04. The summed E-state index contributed by atoms with van der Waals surface area (Å²) < 4.78 is 1.63. The van der Waals surface area contributed by atoms with E-state index in [-0.39, 0.29) is 5.69 Å². The van der Waals surface area contributed by atoms with Gasteiger partial charge in [-0.15, -0.1) is 0 Å². The average molecular weight is 207 g/mol. The molecule has 0 aliphatic heterocycles. The maximum atomic E-state index is 11.3. The quantitative estimate of drug-likeness (QED) is 0.770. The topological polar surface area (TPSA) is 46.9 Å². The maximum Gasteiger partial charge on any atom is 0.347 e. The van der Waals surface area contributed by atoms with Crippen LogP contribution >= 0.6 is 0 Å². The smallest absolute Gasteiger partial charge is 0.312 e. The fraction of sp³-hybridized carbons (Fsp3) is 0.636. The van der Waals surface area contributed by atoms with Gasteiger partial charge in [-0.25, -0.2) is 9.78 Å². The van der Waals surface area contributed by atoms with Crippen molar-refractivity contribution in [3.05, 3.63) is 28.9 Å². The molecule has 0 amide bonds.